The maximum Gasteiger partial charge on any atom is 0.363 e. The number of aryl methyl sites for hydroxylation is 1. The van der Waals surface area contributed by atoms with Crippen LogP contribution in [0.5, 0.6) is 0 Å². The van der Waals surface area contributed by atoms with E-state index in [4.69, 9.17) is 21.0 Å². The molecule has 110 valence electrons. The molecule has 0 atom stereocenters. The second-order valence-corrected chi connectivity index (χ2v) is 6.21. The molecule has 0 saturated carbocycles. The third kappa shape index (κ3) is 2.97. The summed E-state index contributed by atoms with van der Waals surface area (Å²) in [6.45, 7) is 0.160. The van der Waals surface area contributed by atoms with E-state index in [9.17, 15) is 13.2 Å². The Kier molecular flexibility index (Phi) is 4.07. The molecule has 0 aliphatic carbocycles. The van der Waals surface area contributed by atoms with Crippen LogP contribution in [0.4, 0.5) is 0 Å². The Morgan fingerprint density at radius 2 is 2.05 bits per heavy atom. The number of benzene rings is 1. The van der Waals surface area contributed by atoms with Gasteiger partial charge in [0.15, 0.2) is 0 Å². The van der Waals surface area contributed by atoms with Crippen LogP contribution >= 0.6 is 11.6 Å². The summed E-state index contributed by atoms with van der Waals surface area (Å²) < 4.78 is 29.2. The van der Waals surface area contributed by atoms with Crippen LogP contribution in [0.3, 0.4) is 0 Å². The van der Waals surface area contributed by atoms with E-state index in [0.717, 1.165) is 6.26 Å². The zero-order valence-electron chi connectivity index (χ0n) is 10.6. The van der Waals surface area contributed by atoms with Crippen molar-refractivity contribution in [3.05, 3.63) is 33.7 Å². The van der Waals surface area contributed by atoms with E-state index in [2.05, 4.69) is 0 Å². The molecule has 0 radical (unpaired) electrons. The lowest BCUT2D eigenvalue weighted by Crippen LogP contribution is -2.31. The summed E-state index contributed by atoms with van der Waals surface area (Å²) in [7, 11) is -3.85. The topological polar surface area (TPSA) is 90.5 Å². The van der Waals surface area contributed by atoms with Gasteiger partial charge in [0.05, 0.1) is 11.8 Å². The average Bonchev–Trinajstić information content (AvgIpc) is 2.59. The molecule has 2 rings (SSSR count). The van der Waals surface area contributed by atoms with E-state index in [1.54, 1.807) is 12.1 Å². The Labute approximate surface area is 120 Å². The predicted octanol–water partition coefficient (Wildman–Crippen LogP) is 0.227. The maximum absolute atomic E-state index is 12.2. The minimum Gasteiger partial charge on any atom is -0.396 e. The lowest BCUT2D eigenvalue weighted by atomic mass is 10.3. The van der Waals surface area contributed by atoms with Crippen LogP contribution in [-0.2, 0) is 16.7 Å². The zero-order valence-corrected chi connectivity index (χ0v) is 12.2. The Hall–Kier alpha value is -1.51. The highest BCUT2D eigenvalue weighted by Gasteiger charge is 2.17. The van der Waals surface area contributed by atoms with E-state index in [0.29, 0.717) is 21.7 Å². The monoisotopic (exact) mass is 320 g/mol. The lowest BCUT2D eigenvalue weighted by molar-refractivity contribution is 0.266. The molecule has 7 nitrogen and oxygen atoms in total. The van der Waals surface area contributed by atoms with Gasteiger partial charge in [-0.3, -0.25) is 8.85 Å². The number of aliphatic hydroxyl groups is 1. The number of nitrogens with zero attached hydrogens (tertiary/aromatic N) is 2. The third-order valence-corrected chi connectivity index (χ3v) is 3.26. The zero-order chi connectivity index (χ0) is 14.9. The maximum atomic E-state index is 12.2. The summed E-state index contributed by atoms with van der Waals surface area (Å²) in [6, 6.07) is 4.63. The average molecular weight is 321 g/mol. The number of aliphatic hydroxyl groups excluding tert-OH is 1. The van der Waals surface area contributed by atoms with Crippen molar-refractivity contribution in [3.63, 3.8) is 0 Å². The molecule has 1 heterocycles. The largest absolute Gasteiger partial charge is 0.396 e. The van der Waals surface area contributed by atoms with E-state index in [-0.39, 0.29) is 18.7 Å². The standard InChI is InChI=1S/C11H13ClN2O5S/c1-20(17,18)19-14-10-7-8(12)3-4-9(10)13(11(14)16)5-2-6-15/h3-4,7,15H,2,5-6H2,1H3. The van der Waals surface area contributed by atoms with Gasteiger partial charge in [-0.25, -0.2) is 4.79 Å². The normalized spacial score (nSPS) is 11.9. The molecule has 0 unspecified atom stereocenters. The molecule has 9 heteroatoms. The molecule has 1 aromatic heterocycles. The fraction of sp³-hybridized carbons (Fsp3) is 0.364. The van der Waals surface area contributed by atoms with E-state index >= 15 is 0 Å². The number of fused-ring (bicyclic) bond motifs is 1. The summed E-state index contributed by atoms with van der Waals surface area (Å²) in [5.74, 6) is 0. The van der Waals surface area contributed by atoms with Gasteiger partial charge in [-0.1, -0.05) is 11.6 Å². The fourth-order valence-corrected chi connectivity index (χ4v) is 2.44. The Morgan fingerprint density at radius 1 is 1.35 bits per heavy atom. The van der Waals surface area contributed by atoms with Crippen LogP contribution in [0.25, 0.3) is 11.0 Å². The fourth-order valence-electron chi connectivity index (χ4n) is 1.86. The highest BCUT2D eigenvalue weighted by atomic mass is 35.5. The van der Waals surface area contributed by atoms with Gasteiger partial charge in [0.1, 0.15) is 5.52 Å². The van der Waals surface area contributed by atoms with Gasteiger partial charge in [-0.15, -0.1) is 4.73 Å². The minimum atomic E-state index is -3.85. The van der Waals surface area contributed by atoms with Crippen LogP contribution < -0.4 is 9.97 Å². The number of hydrogen-bond donors (Lipinski definition) is 1. The number of halogens is 1. The minimum absolute atomic E-state index is 0.0837. The van der Waals surface area contributed by atoms with Crippen molar-refractivity contribution in [1.29, 1.82) is 0 Å². The van der Waals surface area contributed by atoms with Crippen molar-refractivity contribution < 1.29 is 17.8 Å². The van der Waals surface area contributed by atoms with Crippen molar-refractivity contribution in [1.82, 2.24) is 9.30 Å². The number of rotatable bonds is 5. The second kappa shape index (κ2) is 5.47. The molecule has 1 aromatic carbocycles. The SMILES string of the molecule is CS(=O)(=O)On1c(=O)n(CCCO)c2ccc(Cl)cc21. The number of aromatic nitrogens is 2. The van der Waals surface area contributed by atoms with E-state index < -0.39 is 15.8 Å². The first kappa shape index (κ1) is 14.9. The summed E-state index contributed by atoms with van der Waals surface area (Å²) in [5.41, 5.74) is 0.100. The summed E-state index contributed by atoms with van der Waals surface area (Å²) >= 11 is 5.86. The smallest absolute Gasteiger partial charge is 0.363 e. The van der Waals surface area contributed by atoms with Gasteiger partial charge >= 0.3 is 15.8 Å². The van der Waals surface area contributed by atoms with Crippen molar-refractivity contribution in [3.8, 4) is 0 Å². The van der Waals surface area contributed by atoms with Crippen molar-refractivity contribution in [2.75, 3.05) is 12.9 Å². The van der Waals surface area contributed by atoms with Crippen LogP contribution in [0, 0.1) is 0 Å². The van der Waals surface area contributed by atoms with Gasteiger partial charge in [-0.05, 0) is 24.6 Å². The summed E-state index contributed by atoms with van der Waals surface area (Å²) in [4.78, 5) is 12.2. The molecular formula is C11H13ClN2O5S. The second-order valence-electron chi connectivity index (χ2n) is 4.22. The highest BCUT2D eigenvalue weighted by Crippen LogP contribution is 2.18. The molecular weight excluding hydrogens is 308 g/mol. The number of hydrogen-bond acceptors (Lipinski definition) is 5. The summed E-state index contributed by atoms with van der Waals surface area (Å²) in [5, 5.41) is 9.21. The van der Waals surface area contributed by atoms with Crippen LogP contribution in [0.2, 0.25) is 5.02 Å². The van der Waals surface area contributed by atoms with Gasteiger partial charge in [0, 0.05) is 18.2 Å². The first-order valence-electron chi connectivity index (χ1n) is 5.75. The van der Waals surface area contributed by atoms with Crippen molar-refractivity contribution in [2.24, 2.45) is 0 Å². The molecule has 0 fully saturated rings. The van der Waals surface area contributed by atoms with Crippen LogP contribution in [0.15, 0.2) is 23.0 Å². The van der Waals surface area contributed by atoms with Crippen molar-refractivity contribution >= 4 is 32.8 Å². The highest BCUT2D eigenvalue weighted by molar-refractivity contribution is 7.86. The van der Waals surface area contributed by atoms with Gasteiger partial charge in [0.2, 0.25) is 0 Å². The Balaban J connectivity index is 2.69. The lowest BCUT2D eigenvalue weighted by Gasteiger charge is -2.02. The quantitative estimate of drug-likeness (QED) is 0.851. The molecule has 0 saturated heterocycles. The van der Waals surface area contributed by atoms with E-state index in [1.165, 1.54) is 10.6 Å². The van der Waals surface area contributed by atoms with Crippen LogP contribution in [-0.4, -0.2) is 35.7 Å². The van der Waals surface area contributed by atoms with Crippen LogP contribution in [0.1, 0.15) is 6.42 Å². The van der Waals surface area contributed by atoms with Gasteiger partial charge in [-0.2, -0.15) is 8.42 Å². The number of imidazole rings is 1. The molecule has 0 aliphatic rings. The molecule has 0 spiro atoms. The molecule has 0 aliphatic heterocycles. The van der Waals surface area contributed by atoms with Crippen molar-refractivity contribution in [2.45, 2.75) is 13.0 Å². The third-order valence-electron chi connectivity index (χ3n) is 2.60. The predicted molar refractivity (Wildman–Crippen MR) is 74.3 cm³/mol. The molecule has 0 bridgehead atoms. The molecule has 2 aromatic rings. The van der Waals surface area contributed by atoms with Gasteiger partial charge < -0.3 is 5.11 Å². The summed E-state index contributed by atoms with van der Waals surface area (Å²) in [6.07, 6.45) is 1.21. The van der Waals surface area contributed by atoms with E-state index in [1.807, 2.05) is 0 Å². The molecule has 0 amide bonds. The first-order chi connectivity index (χ1) is 9.33. The Bertz CT molecular complexity index is 793. The van der Waals surface area contributed by atoms with Gasteiger partial charge in [0.25, 0.3) is 0 Å². The Morgan fingerprint density at radius 3 is 2.65 bits per heavy atom. The first-order valence-corrected chi connectivity index (χ1v) is 7.94. The molecule has 1 N–H and O–H groups in total. The molecule has 20 heavy (non-hydrogen) atoms.